The predicted octanol–water partition coefficient (Wildman–Crippen LogP) is 3.16. The van der Waals surface area contributed by atoms with E-state index >= 15 is 0 Å². The maximum atomic E-state index is 12.5. The quantitative estimate of drug-likeness (QED) is 0.685. The summed E-state index contributed by atoms with van der Waals surface area (Å²) in [7, 11) is 1.95. The third kappa shape index (κ3) is 4.36. The fourth-order valence-electron chi connectivity index (χ4n) is 3.35. The van der Waals surface area contributed by atoms with Crippen molar-refractivity contribution in [2.45, 2.75) is 52.4 Å². The van der Waals surface area contributed by atoms with Crippen molar-refractivity contribution in [3.63, 3.8) is 0 Å². The SMILES string of the molecule is CCCCCCOC(=O)N1CC(Cc2cncn2C)C(CC)C1=O. The van der Waals surface area contributed by atoms with Gasteiger partial charge in [0.1, 0.15) is 0 Å². The molecule has 2 heterocycles. The second kappa shape index (κ2) is 8.85. The summed E-state index contributed by atoms with van der Waals surface area (Å²) in [6.07, 6.45) is 8.79. The van der Waals surface area contributed by atoms with Crippen molar-refractivity contribution in [2.24, 2.45) is 18.9 Å². The zero-order chi connectivity index (χ0) is 17.5. The Hall–Kier alpha value is -1.85. The van der Waals surface area contributed by atoms with E-state index in [4.69, 9.17) is 4.74 Å². The highest BCUT2D eigenvalue weighted by atomic mass is 16.6. The number of carbonyl (C=O) groups is 2. The lowest BCUT2D eigenvalue weighted by molar-refractivity contribution is -0.129. The molecule has 2 amide bonds. The zero-order valence-electron chi connectivity index (χ0n) is 15.0. The predicted molar refractivity (Wildman–Crippen MR) is 91.4 cm³/mol. The largest absolute Gasteiger partial charge is 0.449 e. The first-order chi connectivity index (χ1) is 11.6. The Kier molecular flexibility index (Phi) is 6.82. The topological polar surface area (TPSA) is 64.4 Å². The molecule has 0 aromatic carbocycles. The maximum Gasteiger partial charge on any atom is 0.416 e. The molecule has 0 aliphatic carbocycles. The Morgan fingerprint density at radius 1 is 1.33 bits per heavy atom. The monoisotopic (exact) mass is 335 g/mol. The summed E-state index contributed by atoms with van der Waals surface area (Å²) in [6.45, 7) is 4.97. The number of hydrogen-bond donors (Lipinski definition) is 0. The van der Waals surface area contributed by atoms with E-state index in [0.29, 0.717) is 13.2 Å². The number of imide groups is 1. The van der Waals surface area contributed by atoms with Crippen LogP contribution in [0.5, 0.6) is 0 Å². The van der Waals surface area contributed by atoms with Crippen molar-refractivity contribution in [3.05, 3.63) is 18.2 Å². The van der Waals surface area contributed by atoms with Gasteiger partial charge in [-0.05, 0) is 25.2 Å². The van der Waals surface area contributed by atoms with Crippen LogP contribution in [0.25, 0.3) is 0 Å². The van der Waals surface area contributed by atoms with Crippen molar-refractivity contribution in [1.82, 2.24) is 14.5 Å². The highest BCUT2D eigenvalue weighted by molar-refractivity contribution is 5.95. The van der Waals surface area contributed by atoms with Crippen molar-refractivity contribution in [3.8, 4) is 0 Å². The summed E-state index contributed by atoms with van der Waals surface area (Å²) in [5.74, 6) is -0.0821. The van der Waals surface area contributed by atoms with Gasteiger partial charge in [0, 0.05) is 31.4 Å². The van der Waals surface area contributed by atoms with Crippen LogP contribution in [0.1, 0.15) is 51.6 Å². The van der Waals surface area contributed by atoms with Gasteiger partial charge >= 0.3 is 6.09 Å². The number of amides is 2. The second-order valence-electron chi connectivity index (χ2n) is 6.60. The first-order valence-electron chi connectivity index (χ1n) is 9.01. The lowest BCUT2D eigenvalue weighted by Crippen LogP contribution is -2.34. The minimum atomic E-state index is -0.484. The molecule has 1 aliphatic rings. The average molecular weight is 335 g/mol. The lowest BCUT2D eigenvalue weighted by Gasteiger charge is -2.15. The second-order valence-corrected chi connectivity index (χ2v) is 6.60. The first kappa shape index (κ1) is 18.5. The summed E-state index contributed by atoms with van der Waals surface area (Å²) in [5, 5.41) is 0. The molecule has 1 saturated heterocycles. The minimum absolute atomic E-state index is 0.0942. The van der Waals surface area contributed by atoms with Gasteiger partial charge in [-0.3, -0.25) is 4.79 Å². The Balaban J connectivity index is 1.91. The molecule has 0 bridgehead atoms. The van der Waals surface area contributed by atoms with Crippen molar-refractivity contribution in [1.29, 1.82) is 0 Å². The van der Waals surface area contributed by atoms with E-state index in [9.17, 15) is 9.59 Å². The number of aromatic nitrogens is 2. The van der Waals surface area contributed by atoms with E-state index < -0.39 is 6.09 Å². The lowest BCUT2D eigenvalue weighted by atomic mass is 9.89. The van der Waals surface area contributed by atoms with Crippen LogP contribution in [0.3, 0.4) is 0 Å². The molecule has 1 aromatic heterocycles. The Morgan fingerprint density at radius 3 is 2.75 bits per heavy atom. The number of imidazole rings is 1. The number of rotatable bonds is 8. The van der Waals surface area contributed by atoms with Gasteiger partial charge in [0.05, 0.1) is 12.9 Å². The summed E-state index contributed by atoms with van der Waals surface area (Å²) in [4.78, 5) is 30.2. The molecule has 1 fully saturated rings. The van der Waals surface area contributed by atoms with Gasteiger partial charge in [-0.15, -0.1) is 0 Å². The average Bonchev–Trinajstić information content (AvgIpc) is 3.11. The molecule has 0 radical (unpaired) electrons. The van der Waals surface area contributed by atoms with E-state index in [-0.39, 0.29) is 17.7 Å². The molecule has 2 rings (SSSR count). The van der Waals surface area contributed by atoms with Gasteiger partial charge in [0.15, 0.2) is 0 Å². The van der Waals surface area contributed by atoms with Crippen LogP contribution >= 0.6 is 0 Å². The maximum absolute atomic E-state index is 12.5. The number of hydrogen-bond acceptors (Lipinski definition) is 4. The number of nitrogens with zero attached hydrogens (tertiary/aromatic N) is 3. The van der Waals surface area contributed by atoms with Gasteiger partial charge in [-0.2, -0.15) is 0 Å². The highest BCUT2D eigenvalue weighted by Gasteiger charge is 2.42. The summed E-state index contributed by atoms with van der Waals surface area (Å²) in [6, 6.07) is 0. The molecular weight excluding hydrogens is 306 g/mol. The Morgan fingerprint density at radius 2 is 2.12 bits per heavy atom. The molecule has 2 atom stereocenters. The Labute approximate surface area is 144 Å². The van der Waals surface area contributed by atoms with Crippen LogP contribution in [-0.2, 0) is 23.0 Å². The Bertz CT molecular complexity index is 555. The van der Waals surface area contributed by atoms with Crippen molar-refractivity contribution >= 4 is 12.0 Å². The molecule has 1 aliphatic heterocycles. The van der Waals surface area contributed by atoms with Crippen LogP contribution in [-0.4, -0.2) is 39.6 Å². The zero-order valence-corrected chi connectivity index (χ0v) is 15.0. The van der Waals surface area contributed by atoms with Crippen LogP contribution in [0.2, 0.25) is 0 Å². The normalized spacial score (nSPS) is 20.6. The minimum Gasteiger partial charge on any atom is -0.449 e. The molecule has 0 spiro atoms. The van der Waals surface area contributed by atoms with E-state index in [1.165, 1.54) is 4.90 Å². The third-order valence-corrected chi connectivity index (χ3v) is 4.84. The molecule has 0 saturated carbocycles. The van der Waals surface area contributed by atoms with Crippen LogP contribution in [0.4, 0.5) is 4.79 Å². The number of unbranched alkanes of at least 4 members (excludes halogenated alkanes) is 3. The molecule has 6 nitrogen and oxygen atoms in total. The van der Waals surface area contributed by atoms with Crippen LogP contribution in [0.15, 0.2) is 12.5 Å². The smallest absolute Gasteiger partial charge is 0.416 e. The summed E-state index contributed by atoms with van der Waals surface area (Å²) in [5.41, 5.74) is 1.08. The molecule has 24 heavy (non-hydrogen) atoms. The van der Waals surface area contributed by atoms with E-state index in [0.717, 1.165) is 44.2 Å². The first-order valence-corrected chi connectivity index (χ1v) is 9.01. The third-order valence-electron chi connectivity index (χ3n) is 4.84. The van der Waals surface area contributed by atoms with Gasteiger partial charge in [-0.25, -0.2) is 14.7 Å². The van der Waals surface area contributed by atoms with Gasteiger partial charge in [0.25, 0.3) is 0 Å². The molecule has 1 aromatic rings. The molecule has 134 valence electrons. The summed E-state index contributed by atoms with van der Waals surface area (Å²) < 4.78 is 7.26. The van der Waals surface area contributed by atoms with Crippen LogP contribution in [0, 0.1) is 11.8 Å². The standard InChI is InChI=1S/C18H29N3O3/c1-4-6-7-8-9-24-18(23)21-12-14(16(5-2)17(21)22)10-15-11-19-13-20(15)3/h11,13-14,16H,4-10,12H2,1-3H3. The number of carbonyl (C=O) groups excluding carboxylic acids is 2. The highest BCUT2D eigenvalue weighted by Crippen LogP contribution is 2.30. The fraction of sp³-hybridized carbons (Fsp3) is 0.722. The number of aryl methyl sites for hydroxylation is 1. The van der Waals surface area contributed by atoms with E-state index in [2.05, 4.69) is 11.9 Å². The van der Waals surface area contributed by atoms with Gasteiger partial charge in [-0.1, -0.05) is 33.1 Å². The molecule has 0 N–H and O–H groups in total. The van der Waals surface area contributed by atoms with Gasteiger partial charge in [0.2, 0.25) is 5.91 Å². The van der Waals surface area contributed by atoms with Gasteiger partial charge < -0.3 is 9.30 Å². The van der Waals surface area contributed by atoms with Crippen LogP contribution < -0.4 is 0 Å². The molecular formula is C18H29N3O3. The fourth-order valence-corrected chi connectivity index (χ4v) is 3.35. The number of ether oxygens (including phenoxy) is 1. The molecule has 6 heteroatoms. The van der Waals surface area contributed by atoms with Crippen molar-refractivity contribution in [2.75, 3.05) is 13.2 Å². The van der Waals surface area contributed by atoms with E-state index in [1.54, 1.807) is 6.33 Å². The van der Waals surface area contributed by atoms with E-state index in [1.807, 2.05) is 24.7 Å². The van der Waals surface area contributed by atoms with Crippen molar-refractivity contribution < 1.29 is 14.3 Å². The number of likely N-dealkylation sites (tertiary alicyclic amines) is 1. The summed E-state index contributed by atoms with van der Waals surface area (Å²) >= 11 is 0. The molecule has 2 unspecified atom stereocenters.